The molecule has 0 fully saturated rings. The molecule has 2 amide bonds. The van der Waals surface area contributed by atoms with Gasteiger partial charge in [0.25, 0.3) is 0 Å². The number of carboxylic acids is 1. The second kappa shape index (κ2) is 8.03. The maximum absolute atomic E-state index is 11.5. The molecule has 0 spiro atoms. The van der Waals surface area contributed by atoms with E-state index >= 15 is 0 Å². The highest BCUT2D eigenvalue weighted by atomic mass is 16.5. The molecule has 0 radical (unpaired) electrons. The van der Waals surface area contributed by atoms with Crippen molar-refractivity contribution in [1.29, 1.82) is 0 Å². The number of carbonyl (C=O) groups excluding carboxylic acids is 3. The Morgan fingerprint density at radius 1 is 1.32 bits per heavy atom. The minimum atomic E-state index is -1.62. The minimum Gasteiger partial charge on any atom is -0.480 e. The fourth-order valence-corrected chi connectivity index (χ4v) is 1.14. The van der Waals surface area contributed by atoms with Gasteiger partial charge in [-0.1, -0.05) is 0 Å². The third kappa shape index (κ3) is 6.36. The van der Waals surface area contributed by atoms with Gasteiger partial charge >= 0.3 is 11.9 Å². The highest BCUT2D eigenvalue weighted by Crippen LogP contribution is 1.98. The summed E-state index contributed by atoms with van der Waals surface area (Å²) in [5.41, 5.74) is 10.2. The summed E-state index contributed by atoms with van der Waals surface area (Å²) in [7, 11) is 0. The van der Waals surface area contributed by atoms with Gasteiger partial charge in [-0.3, -0.25) is 9.59 Å². The number of carboxylic acid groups (broad SMARTS) is 1. The number of carbonyl (C=O) groups is 4. The lowest BCUT2D eigenvalue weighted by molar-refractivity contribution is -0.150. The Morgan fingerprint density at radius 2 is 1.89 bits per heavy atom. The van der Waals surface area contributed by atoms with Crippen molar-refractivity contribution in [3.8, 4) is 0 Å². The van der Waals surface area contributed by atoms with Crippen molar-refractivity contribution in [2.24, 2.45) is 11.5 Å². The molecule has 0 rings (SSSR count). The van der Waals surface area contributed by atoms with Gasteiger partial charge in [0.1, 0.15) is 6.04 Å². The van der Waals surface area contributed by atoms with Gasteiger partial charge in [-0.05, 0) is 13.3 Å². The maximum atomic E-state index is 11.5. The van der Waals surface area contributed by atoms with Crippen LogP contribution in [0.2, 0.25) is 0 Å². The Morgan fingerprint density at radius 3 is 2.32 bits per heavy atom. The maximum Gasteiger partial charge on any atom is 0.332 e. The molecule has 0 saturated heterocycles. The Kier molecular flexibility index (Phi) is 7.12. The average molecular weight is 275 g/mol. The lowest BCUT2D eigenvalue weighted by atomic mass is 10.1. The average Bonchev–Trinajstić information content (AvgIpc) is 2.32. The fourth-order valence-electron chi connectivity index (χ4n) is 1.14. The molecule has 0 aromatic heterocycles. The Bertz CT molecular complexity index is 370. The quantitative estimate of drug-likeness (QED) is 0.286. The van der Waals surface area contributed by atoms with Crippen molar-refractivity contribution in [1.82, 2.24) is 5.32 Å². The van der Waals surface area contributed by atoms with Crippen molar-refractivity contribution in [3.63, 3.8) is 0 Å². The summed E-state index contributed by atoms with van der Waals surface area (Å²) in [4.78, 5) is 44.1. The monoisotopic (exact) mass is 275 g/mol. The molecule has 2 atom stereocenters. The largest absolute Gasteiger partial charge is 0.480 e. The Hall–Kier alpha value is -2.16. The number of rotatable bonds is 8. The third-order valence-corrected chi connectivity index (χ3v) is 2.12. The van der Waals surface area contributed by atoms with Gasteiger partial charge in [-0.2, -0.15) is 0 Å². The number of nitrogens with one attached hydrogen (secondary N) is 1. The molecule has 19 heavy (non-hydrogen) atoms. The van der Waals surface area contributed by atoms with Crippen LogP contribution in [0.5, 0.6) is 0 Å². The van der Waals surface area contributed by atoms with Gasteiger partial charge in [0.2, 0.25) is 11.8 Å². The van der Waals surface area contributed by atoms with Crippen LogP contribution >= 0.6 is 0 Å². The Balaban J connectivity index is 4.50. The number of nitrogens with two attached hydrogens (primary N) is 2. The van der Waals surface area contributed by atoms with Crippen LogP contribution in [0.25, 0.3) is 0 Å². The van der Waals surface area contributed by atoms with Crippen molar-refractivity contribution in [3.05, 3.63) is 0 Å². The summed E-state index contributed by atoms with van der Waals surface area (Å²) < 4.78 is 4.52. The molecule has 0 saturated carbocycles. The van der Waals surface area contributed by atoms with Crippen molar-refractivity contribution < 1.29 is 29.0 Å². The number of amides is 2. The summed E-state index contributed by atoms with van der Waals surface area (Å²) >= 11 is 0. The first kappa shape index (κ1) is 16.8. The molecule has 0 aromatic rings. The minimum absolute atomic E-state index is 0.0455. The second-order valence-corrected chi connectivity index (χ2v) is 3.63. The number of aliphatic carboxylic acids is 1. The van der Waals surface area contributed by atoms with E-state index in [0.29, 0.717) is 0 Å². The van der Waals surface area contributed by atoms with Crippen LogP contribution in [0.15, 0.2) is 0 Å². The number of ether oxygens (including phenoxy) is 1. The standard InChI is InChI=1S/C10H17N3O6/c1-2-19-10(18)7(12)8(15)13-5(9(16)17)3-4-6(11)14/h5,7H,2-4,12H2,1H3,(H2,11,14)(H,13,15)(H,16,17). The van der Waals surface area contributed by atoms with Crippen LogP contribution < -0.4 is 16.8 Å². The van der Waals surface area contributed by atoms with Crippen LogP contribution in [0.3, 0.4) is 0 Å². The second-order valence-electron chi connectivity index (χ2n) is 3.63. The molecule has 108 valence electrons. The van der Waals surface area contributed by atoms with Gasteiger partial charge in [-0.15, -0.1) is 0 Å². The SMILES string of the molecule is CCOC(=O)C(N)C(=O)NC(CCC(N)=O)C(=O)O. The summed E-state index contributed by atoms with van der Waals surface area (Å²) in [6.45, 7) is 1.58. The molecule has 2 unspecified atom stereocenters. The Labute approximate surface area is 109 Å². The first-order valence-corrected chi connectivity index (χ1v) is 5.53. The van der Waals surface area contributed by atoms with E-state index in [1.165, 1.54) is 6.92 Å². The summed E-state index contributed by atoms with van der Waals surface area (Å²) in [6.07, 6.45) is -0.405. The van der Waals surface area contributed by atoms with Gasteiger partial charge < -0.3 is 26.6 Å². The van der Waals surface area contributed by atoms with Gasteiger partial charge in [-0.25, -0.2) is 9.59 Å². The molecule has 9 heteroatoms. The lowest BCUT2D eigenvalue weighted by Gasteiger charge is -2.16. The van der Waals surface area contributed by atoms with Gasteiger partial charge in [0.15, 0.2) is 6.04 Å². The van der Waals surface area contributed by atoms with Crippen LogP contribution in [0, 0.1) is 0 Å². The summed E-state index contributed by atoms with van der Waals surface area (Å²) in [6, 6.07) is -2.96. The molecule has 0 aliphatic heterocycles. The fraction of sp³-hybridized carbons (Fsp3) is 0.600. The van der Waals surface area contributed by atoms with E-state index in [2.05, 4.69) is 4.74 Å². The molecular weight excluding hydrogens is 258 g/mol. The van der Waals surface area contributed by atoms with E-state index in [1.807, 2.05) is 5.32 Å². The predicted molar refractivity (Wildman–Crippen MR) is 62.6 cm³/mol. The van der Waals surface area contributed by atoms with Crippen LogP contribution in [0.1, 0.15) is 19.8 Å². The zero-order chi connectivity index (χ0) is 15.0. The van der Waals surface area contributed by atoms with Gasteiger partial charge in [0.05, 0.1) is 6.61 Å². The predicted octanol–water partition coefficient (Wildman–Crippen LogP) is -2.29. The van der Waals surface area contributed by atoms with E-state index in [4.69, 9.17) is 16.6 Å². The van der Waals surface area contributed by atoms with Crippen LogP contribution in [-0.2, 0) is 23.9 Å². The van der Waals surface area contributed by atoms with Crippen LogP contribution in [0.4, 0.5) is 0 Å². The van der Waals surface area contributed by atoms with Crippen molar-refractivity contribution >= 4 is 23.8 Å². The first-order valence-electron chi connectivity index (χ1n) is 5.53. The zero-order valence-corrected chi connectivity index (χ0v) is 10.4. The number of hydrogen-bond donors (Lipinski definition) is 4. The molecule has 0 aliphatic carbocycles. The smallest absolute Gasteiger partial charge is 0.332 e. The molecule has 9 nitrogen and oxygen atoms in total. The topological polar surface area (TPSA) is 162 Å². The molecular formula is C10H17N3O6. The van der Waals surface area contributed by atoms with Crippen molar-refractivity contribution in [2.45, 2.75) is 31.8 Å². The number of esters is 1. The lowest BCUT2D eigenvalue weighted by Crippen LogP contribution is -2.52. The van der Waals surface area contributed by atoms with E-state index < -0.39 is 35.8 Å². The van der Waals surface area contributed by atoms with E-state index in [9.17, 15) is 19.2 Å². The first-order chi connectivity index (χ1) is 8.79. The molecule has 6 N–H and O–H groups in total. The highest BCUT2D eigenvalue weighted by Gasteiger charge is 2.28. The van der Waals surface area contributed by atoms with Crippen molar-refractivity contribution in [2.75, 3.05) is 6.61 Å². The normalized spacial score (nSPS) is 13.2. The van der Waals surface area contributed by atoms with E-state index in [-0.39, 0.29) is 19.4 Å². The van der Waals surface area contributed by atoms with E-state index in [1.54, 1.807) is 0 Å². The zero-order valence-electron chi connectivity index (χ0n) is 10.4. The summed E-state index contributed by atoms with van der Waals surface area (Å²) in [5, 5.41) is 10.9. The summed E-state index contributed by atoms with van der Waals surface area (Å²) in [5.74, 6) is -4.00. The van der Waals surface area contributed by atoms with Crippen LogP contribution in [-0.4, -0.2) is 47.6 Å². The van der Waals surface area contributed by atoms with E-state index in [0.717, 1.165) is 0 Å². The number of hydrogen-bond acceptors (Lipinski definition) is 6. The third-order valence-electron chi connectivity index (χ3n) is 2.12. The van der Waals surface area contributed by atoms with Gasteiger partial charge in [0, 0.05) is 6.42 Å². The molecule has 0 bridgehead atoms. The molecule has 0 aromatic carbocycles. The number of primary amides is 1. The highest BCUT2D eigenvalue weighted by molar-refractivity contribution is 6.02. The molecule has 0 aliphatic rings. The molecule has 0 heterocycles.